The summed E-state index contributed by atoms with van der Waals surface area (Å²) in [6, 6.07) is 2.81. The smallest absolute Gasteiger partial charge is 0.326 e. The fourth-order valence-electron chi connectivity index (χ4n) is 2.82. The van der Waals surface area contributed by atoms with E-state index in [2.05, 4.69) is 10.3 Å². The number of nitrogens with one attached hydrogen (secondary N) is 1. The number of aliphatic carboxylic acids is 1. The number of imidazole rings is 1. The lowest BCUT2D eigenvalue weighted by Crippen LogP contribution is -2.48. The second-order valence-corrected chi connectivity index (χ2v) is 5.86. The third-order valence-electron chi connectivity index (χ3n) is 4.07. The normalized spacial score (nSPS) is 19.4. The first-order chi connectivity index (χ1) is 11.0. The summed E-state index contributed by atoms with van der Waals surface area (Å²) in [5.74, 6) is -1.75. The summed E-state index contributed by atoms with van der Waals surface area (Å²) in [5, 5.41) is 12.0. The minimum Gasteiger partial charge on any atom is -0.480 e. The predicted molar refractivity (Wildman–Crippen MR) is 82.4 cm³/mol. The molecule has 2 atom stereocenters. The molecule has 2 N–H and O–H groups in total. The van der Waals surface area contributed by atoms with E-state index in [0.717, 1.165) is 18.4 Å². The van der Waals surface area contributed by atoms with Gasteiger partial charge in [0, 0.05) is 24.9 Å². The van der Waals surface area contributed by atoms with E-state index in [0.29, 0.717) is 18.9 Å². The summed E-state index contributed by atoms with van der Waals surface area (Å²) in [7, 11) is 0. The molecule has 1 fully saturated rings. The Morgan fingerprint density at radius 2 is 2.35 bits per heavy atom. The Morgan fingerprint density at radius 1 is 1.52 bits per heavy atom. The molecule has 2 aromatic rings. The SMILES string of the molecule is Cc1ccn2cc(C(=O)N[C@H](C(=O)O)[C@@H]3CCCOC3)nc2c1. The van der Waals surface area contributed by atoms with Crippen molar-refractivity contribution in [2.24, 2.45) is 5.92 Å². The van der Waals surface area contributed by atoms with E-state index in [1.807, 2.05) is 25.3 Å². The van der Waals surface area contributed by atoms with Gasteiger partial charge in [0.25, 0.3) is 5.91 Å². The molecule has 0 radical (unpaired) electrons. The quantitative estimate of drug-likeness (QED) is 0.885. The molecule has 0 unspecified atom stereocenters. The van der Waals surface area contributed by atoms with Crippen molar-refractivity contribution in [3.63, 3.8) is 0 Å². The summed E-state index contributed by atoms with van der Waals surface area (Å²) >= 11 is 0. The molecule has 122 valence electrons. The van der Waals surface area contributed by atoms with Gasteiger partial charge in [-0.25, -0.2) is 9.78 Å². The molecule has 0 bridgehead atoms. The molecule has 1 saturated heterocycles. The van der Waals surface area contributed by atoms with E-state index in [4.69, 9.17) is 4.74 Å². The van der Waals surface area contributed by atoms with E-state index >= 15 is 0 Å². The zero-order chi connectivity index (χ0) is 16.4. The first-order valence-electron chi connectivity index (χ1n) is 7.61. The van der Waals surface area contributed by atoms with E-state index in [9.17, 15) is 14.7 Å². The Morgan fingerprint density at radius 3 is 3.04 bits per heavy atom. The van der Waals surface area contributed by atoms with Crippen LogP contribution in [0.3, 0.4) is 0 Å². The fraction of sp³-hybridized carbons (Fsp3) is 0.438. The molecule has 2 aromatic heterocycles. The number of carboxylic acid groups (broad SMARTS) is 1. The number of amides is 1. The molecule has 0 saturated carbocycles. The molecule has 0 spiro atoms. The monoisotopic (exact) mass is 317 g/mol. The number of fused-ring (bicyclic) bond motifs is 1. The van der Waals surface area contributed by atoms with Gasteiger partial charge in [-0.3, -0.25) is 4.79 Å². The van der Waals surface area contributed by atoms with Crippen molar-refractivity contribution in [2.75, 3.05) is 13.2 Å². The molecule has 3 heterocycles. The van der Waals surface area contributed by atoms with Crippen LogP contribution in [-0.4, -0.2) is 45.6 Å². The Kier molecular flexibility index (Phi) is 4.29. The van der Waals surface area contributed by atoms with Gasteiger partial charge < -0.3 is 19.6 Å². The second-order valence-electron chi connectivity index (χ2n) is 5.86. The molecule has 7 heteroatoms. The number of rotatable bonds is 4. The van der Waals surface area contributed by atoms with Crippen LogP contribution in [0.1, 0.15) is 28.9 Å². The highest BCUT2D eigenvalue weighted by Crippen LogP contribution is 2.18. The van der Waals surface area contributed by atoms with Crippen LogP contribution in [0.5, 0.6) is 0 Å². The van der Waals surface area contributed by atoms with Gasteiger partial charge in [0.2, 0.25) is 0 Å². The molecule has 23 heavy (non-hydrogen) atoms. The molecule has 0 aromatic carbocycles. The number of carbonyl (C=O) groups excluding carboxylic acids is 1. The fourth-order valence-corrected chi connectivity index (χ4v) is 2.82. The van der Waals surface area contributed by atoms with Gasteiger partial charge in [0.15, 0.2) is 0 Å². The maximum Gasteiger partial charge on any atom is 0.326 e. The number of hydrogen-bond donors (Lipinski definition) is 2. The lowest BCUT2D eigenvalue weighted by atomic mass is 9.93. The Labute approximate surface area is 133 Å². The highest BCUT2D eigenvalue weighted by Gasteiger charge is 2.32. The van der Waals surface area contributed by atoms with Crippen LogP contribution in [0.4, 0.5) is 0 Å². The van der Waals surface area contributed by atoms with Crippen molar-refractivity contribution < 1.29 is 19.4 Å². The summed E-state index contributed by atoms with van der Waals surface area (Å²) in [4.78, 5) is 28.1. The second kappa shape index (κ2) is 6.37. The van der Waals surface area contributed by atoms with Crippen LogP contribution in [0.25, 0.3) is 5.65 Å². The van der Waals surface area contributed by atoms with E-state index in [-0.39, 0.29) is 11.6 Å². The number of nitrogens with zero attached hydrogens (tertiary/aromatic N) is 2. The Hall–Kier alpha value is -2.41. The van der Waals surface area contributed by atoms with Crippen LogP contribution in [0, 0.1) is 12.8 Å². The minimum atomic E-state index is -1.05. The van der Waals surface area contributed by atoms with Crippen LogP contribution in [-0.2, 0) is 9.53 Å². The van der Waals surface area contributed by atoms with Gasteiger partial charge in [-0.15, -0.1) is 0 Å². The molecule has 0 aliphatic carbocycles. The topological polar surface area (TPSA) is 92.9 Å². The highest BCUT2D eigenvalue weighted by molar-refractivity contribution is 5.95. The third-order valence-corrected chi connectivity index (χ3v) is 4.07. The van der Waals surface area contributed by atoms with Crippen LogP contribution >= 0.6 is 0 Å². The first kappa shape index (κ1) is 15.5. The summed E-state index contributed by atoms with van der Waals surface area (Å²) in [6.45, 7) is 2.93. The van der Waals surface area contributed by atoms with Gasteiger partial charge in [-0.05, 0) is 37.5 Å². The Bertz CT molecular complexity index is 734. The predicted octanol–water partition coefficient (Wildman–Crippen LogP) is 1.25. The highest BCUT2D eigenvalue weighted by atomic mass is 16.5. The van der Waals surface area contributed by atoms with Gasteiger partial charge >= 0.3 is 5.97 Å². The molecule has 1 aliphatic heterocycles. The standard InChI is InChI=1S/C16H19N3O4/c1-10-4-5-19-8-12(17-13(19)7-10)15(20)18-14(16(21)22)11-3-2-6-23-9-11/h4-5,7-8,11,14H,2-3,6,9H2,1H3,(H,18,20)(H,21,22)/t11-,14+/m1/s1. The van der Waals surface area contributed by atoms with Crippen molar-refractivity contribution >= 4 is 17.5 Å². The molecular weight excluding hydrogens is 298 g/mol. The lowest BCUT2D eigenvalue weighted by molar-refractivity contribution is -0.142. The van der Waals surface area contributed by atoms with Gasteiger partial charge in [-0.1, -0.05) is 0 Å². The number of aromatic nitrogens is 2. The maximum absolute atomic E-state index is 12.4. The summed E-state index contributed by atoms with van der Waals surface area (Å²) in [5.41, 5.74) is 1.90. The molecule has 1 aliphatic rings. The summed E-state index contributed by atoms with van der Waals surface area (Å²) < 4.78 is 7.06. The number of aryl methyl sites for hydroxylation is 1. The summed E-state index contributed by atoms with van der Waals surface area (Å²) in [6.07, 6.45) is 4.94. The van der Waals surface area contributed by atoms with E-state index < -0.39 is 17.9 Å². The molecular formula is C16H19N3O4. The molecule has 7 nitrogen and oxygen atoms in total. The van der Waals surface area contributed by atoms with Gasteiger partial charge in [0.1, 0.15) is 17.4 Å². The largest absolute Gasteiger partial charge is 0.480 e. The number of carbonyl (C=O) groups is 2. The van der Waals surface area contributed by atoms with Crippen LogP contribution in [0.15, 0.2) is 24.5 Å². The third kappa shape index (κ3) is 3.34. The van der Waals surface area contributed by atoms with Crippen LogP contribution < -0.4 is 5.32 Å². The minimum absolute atomic E-state index is 0.207. The average Bonchev–Trinajstić information content (AvgIpc) is 2.96. The number of hydrogen-bond acceptors (Lipinski definition) is 4. The van der Waals surface area contributed by atoms with Crippen molar-refractivity contribution in [1.82, 2.24) is 14.7 Å². The number of carboxylic acids is 1. The van der Waals surface area contributed by atoms with Crippen molar-refractivity contribution in [1.29, 1.82) is 0 Å². The van der Waals surface area contributed by atoms with E-state index in [1.54, 1.807) is 10.6 Å². The van der Waals surface area contributed by atoms with Crippen molar-refractivity contribution in [3.8, 4) is 0 Å². The van der Waals surface area contributed by atoms with Crippen molar-refractivity contribution in [2.45, 2.75) is 25.8 Å². The zero-order valence-corrected chi connectivity index (χ0v) is 12.9. The van der Waals surface area contributed by atoms with Gasteiger partial charge in [0.05, 0.1) is 6.61 Å². The van der Waals surface area contributed by atoms with E-state index in [1.165, 1.54) is 0 Å². The average molecular weight is 317 g/mol. The Balaban J connectivity index is 1.78. The van der Waals surface area contributed by atoms with Gasteiger partial charge in [-0.2, -0.15) is 0 Å². The molecule has 3 rings (SSSR count). The lowest BCUT2D eigenvalue weighted by Gasteiger charge is -2.27. The van der Waals surface area contributed by atoms with Crippen molar-refractivity contribution in [3.05, 3.63) is 35.8 Å². The number of ether oxygens (including phenoxy) is 1. The van der Waals surface area contributed by atoms with Crippen LogP contribution in [0.2, 0.25) is 0 Å². The number of pyridine rings is 1. The maximum atomic E-state index is 12.4. The first-order valence-corrected chi connectivity index (χ1v) is 7.61. The zero-order valence-electron chi connectivity index (χ0n) is 12.9. The molecule has 1 amide bonds.